The van der Waals surface area contributed by atoms with Crippen molar-refractivity contribution in [1.29, 1.82) is 0 Å². The van der Waals surface area contributed by atoms with E-state index in [1.807, 2.05) is 13.4 Å². The van der Waals surface area contributed by atoms with Crippen molar-refractivity contribution in [3.8, 4) is 0 Å². The van der Waals surface area contributed by atoms with Crippen molar-refractivity contribution >= 4 is 11.7 Å². The molecule has 1 aromatic heterocycles. The Morgan fingerprint density at radius 2 is 1.94 bits per heavy atom. The number of aliphatic hydroxyl groups is 1. The molecule has 0 saturated heterocycles. The van der Waals surface area contributed by atoms with E-state index in [0.717, 1.165) is 62.7 Å². The summed E-state index contributed by atoms with van der Waals surface area (Å²) in [5, 5.41) is 11.9. The smallest absolute Gasteiger partial charge is 0.159 e. The Labute approximate surface area is 207 Å². The minimum absolute atomic E-state index is 0.0155. The standard InChI is InChI=1S/C28H47N5O/c1-20(13-17-33-18-30-25-23(33)24(29-6)31(7)19-32(25)8)11-15-27(5)21(2)12-16-28(34)22(27)10-9-14-26(28,3)4/h13,18,21-22,34H,9-12,14-17,19H2,1-8H3. The number of aliphatic imine (C=N–C) groups is 1. The molecule has 3 aliphatic rings. The van der Waals surface area contributed by atoms with Crippen LogP contribution in [-0.4, -0.2) is 58.8 Å². The predicted octanol–water partition coefficient (Wildman–Crippen LogP) is 5.32. The van der Waals surface area contributed by atoms with Gasteiger partial charge in [-0.15, -0.1) is 0 Å². The Morgan fingerprint density at radius 1 is 1.21 bits per heavy atom. The van der Waals surface area contributed by atoms with Gasteiger partial charge in [-0.05, 0) is 68.1 Å². The third-order valence-corrected chi connectivity index (χ3v) is 10.0. The number of fused-ring (bicyclic) bond motifs is 2. The van der Waals surface area contributed by atoms with Crippen molar-refractivity contribution in [1.82, 2.24) is 14.5 Å². The van der Waals surface area contributed by atoms with Gasteiger partial charge in [0.15, 0.2) is 11.7 Å². The molecule has 6 nitrogen and oxygen atoms in total. The zero-order chi connectivity index (χ0) is 24.9. The molecule has 2 aliphatic carbocycles. The molecule has 6 heteroatoms. The molecule has 2 heterocycles. The molecule has 1 aliphatic heterocycles. The molecule has 0 amide bonds. The molecule has 0 spiro atoms. The lowest BCUT2D eigenvalue weighted by Gasteiger charge is -2.62. The summed E-state index contributed by atoms with van der Waals surface area (Å²) in [5.74, 6) is 3.05. The maximum Gasteiger partial charge on any atom is 0.159 e. The van der Waals surface area contributed by atoms with Crippen molar-refractivity contribution in [2.24, 2.45) is 27.7 Å². The number of rotatable bonds is 5. The molecule has 4 atom stereocenters. The molecule has 0 bridgehead atoms. The van der Waals surface area contributed by atoms with E-state index in [-0.39, 0.29) is 10.8 Å². The van der Waals surface area contributed by atoms with Crippen LogP contribution in [0.4, 0.5) is 5.82 Å². The number of anilines is 1. The van der Waals surface area contributed by atoms with Crippen LogP contribution in [0.25, 0.3) is 0 Å². The van der Waals surface area contributed by atoms with E-state index in [4.69, 9.17) is 0 Å². The topological polar surface area (TPSA) is 56.9 Å². The Morgan fingerprint density at radius 3 is 2.65 bits per heavy atom. The number of nitrogens with zero attached hydrogens (tertiary/aromatic N) is 5. The van der Waals surface area contributed by atoms with Crippen LogP contribution in [0.15, 0.2) is 23.0 Å². The highest BCUT2D eigenvalue weighted by Gasteiger charge is 2.60. The maximum atomic E-state index is 11.9. The molecule has 4 rings (SSSR count). The molecule has 34 heavy (non-hydrogen) atoms. The molecule has 1 aromatic rings. The van der Waals surface area contributed by atoms with E-state index in [2.05, 4.69) is 79.1 Å². The molecular weight excluding hydrogens is 422 g/mol. The van der Waals surface area contributed by atoms with Crippen molar-refractivity contribution in [2.45, 2.75) is 91.7 Å². The quantitative estimate of drug-likeness (QED) is 0.593. The maximum absolute atomic E-state index is 11.9. The Balaban J connectivity index is 1.49. The van der Waals surface area contributed by atoms with E-state index in [1.54, 1.807) is 0 Å². The van der Waals surface area contributed by atoms with Crippen LogP contribution in [0.3, 0.4) is 0 Å². The van der Waals surface area contributed by atoms with Gasteiger partial charge in [-0.2, -0.15) is 0 Å². The van der Waals surface area contributed by atoms with Crippen LogP contribution in [0, 0.1) is 22.7 Å². The minimum atomic E-state index is -0.520. The van der Waals surface area contributed by atoms with Crippen LogP contribution < -0.4 is 4.90 Å². The lowest BCUT2D eigenvalue weighted by atomic mass is 9.45. The average Bonchev–Trinajstić information content (AvgIpc) is 3.20. The lowest BCUT2D eigenvalue weighted by Crippen LogP contribution is -2.62. The number of allylic oxidation sites excluding steroid dienone is 2. The normalized spacial score (nSPS) is 34.9. The fraction of sp³-hybridized carbons (Fsp3) is 0.786. The van der Waals surface area contributed by atoms with Crippen LogP contribution in [0.5, 0.6) is 0 Å². The number of amidine groups is 1. The highest BCUT2D eigenvalue weighted by molar-refractivity contribution is 6.02. The fourth-order valence-corrected chi connectivity index (χ4v) is 7.34. The van der Waals surface area contributed by atoms with E-state index >= 15 is 0 Å². The largest absolute Gasteiger partial charge is 0.389 e. The highest BCUT2D eigenvalue weighted by atomic mass is 16.3. The molecule has 1 N–H and O–H groups in total. The lowest BCUT2D eigenvalue weighted by molar-refractivity contribution is -0.212. The van der Waals surface area contributed by atoms with Gasteiger partial charge in [0.2, 0.25) is 0 Å². The van der Waals surface area contributed by atoms with E-state index in [1.165, 1.54) is 18.4 Å². The molecular formula is C28H47N5O. The molecule has 4 unspecified atom stereocenters. The first-order valence-electron chi connectivity index (χ1n) is 13.3. The second kappa shape index (κ2) is 9.00. The van der Waals surface area contributed by atoms with Crippen molar-refractivity contribution in [2.75, 3.05) is 32.7 Å². The van der Waals surface area contributed by atoms with Gasteiger partial charge in [-0.25, -0.2) is 4.98 Å². The summed E-state index contributed by atoms with van der Waals surface area (Å²) in [6.45, 7) is 13.4. The van der Waals surface area contributed by atoms with Crippen LogP contribution >= 0.6 is 0 Å². The van der Waals surface area contributed by atoms with Crippen molar-refractivity contribution in [3.05, 3.63) is 23.7 Å². The fourth-order valence-electron chi connectivity index (χ4n) is 7.34. The molecule has 0 radical (unpaired) electrons. The first kappa shape index (κ1) is 25.3. The van der Waals surface area contributed by atoms with Crippen molar-refractivity contribution in [3.63, 3.8) is 0 Å². The van der Waals surface area contributed by atoms with Crippen LogP contribution in [0.1, 0.15) is 85.3 Å². The molecule has 0 aromatic carbocycles. The average molecular weight is 470 g/mol. The summed E-state index contributed by atoms with van der Waals surface area (Å²) in [6, 6.07) is 0. The summed E-state index contributed by atoms with van der Waals surface area (Å²) in [7, 11) is 6.03. The Kier molecular flexibility index (Phi) is 6.69. The van der Waals surface area contributed by atoms with Gasteiger partial charge in [-0.3, -0.25) is 4.99 Å². The van der Waals surface area contributed by atoms with Crippen LogP contribution in [-0.2, 0) is 6.54 Å². The van der Waals surface area contributed by atoms with E-state index in [0.29, 0.717) is 11.8 Å². The SMILES string of the molecule is CN=C1c2c(ncn2CC=C(C)CCC2(C)C(C)CCC3(O)C2CCCC3(C)C)N(C)CN1C. The molecule has 190 valence electrons. The van der Waals surface area contributed by atoms with Gasteiger partial charge in [0.1, 0.15) is 5.69 Å². The monoisotopic (exact) mass is 469 g/mol. The zero-order valence-corrected chi connectivity index (χ0v) is 22.9. The second-order valence-electron chi connectivity index (χ2n) is 12.4. The van der Waals surface area contributed by atoms with Gasteiger partial charge in [0, 0.05) is 27.7 Å². The zero-order valence-electron chi connectivity index (χ0n) is 22.9. The number of imidazole rings is 1. The summed E-state index contributed by atoms with van der Waals surface area (Å²) in [5.41, 5.74) is 2.20. The summed E-state index contributed by atoms with van der Waals surface area (Å²) < 4.78 is 2.22. The van der Waals surface area contributed by atoms with Gasteiger partial charge in [0.25, 0.3) is 0 Å². The third-order valence-electron chi connectivity index (χ3n) is 10.0. The van der Waals surface area contributed by atoms with Crippen LogP contribution in [0.2, 0.25) is 0 Å². The predicted molar refractivity (Wildman–Crippen MR) is 141 cm³/mol. The third kappa shape index (κ3) is 4.00. The summed E-state index contributed by atoms with van der Waals surface area (Å²) in [4.78, 5) is 13.6. The van der Waals surface area contributed by atoms with Gasteiger partial charge in [0.05, 0.1) is 18.6 Å². The van der Waals surface area contributed by atoms with E-state index < -0.39 is 5.60 Å². The first-order chi connectivity index (χ1) is 15.9. The summed E-state index contributed by atoms with van der Waals surface area (Å²) in [6.07, 6.45) is 12.2. The molecule has 2 saturated carbocycles. The van der Waals surface area contributed by atoms with Gasteiger partial charge in [-0.1, -0.05) is 45.8 Å². The minimum Gasteiger partial charge on any atom is -0.389 e. The van der Waals surface area contributed by atoms with Gasteiger partial charge >= 0.3 is 0 Å². The Bertz CT molecular complexity index is 962. The van der Waals surface area contributed by atoms with Crippen molar-refractivity contribution < 1.29 is 5.11 Å². The number of aromatic nitrogens is 2. The molecule has 2 fully saturated rings. The Hall–Kier alpha value is -1.82. The number of hydrogen-bond donors (Lipinski definition) is 1. The number of hydrogen-bond acceptors (Lipinski definition) is 4. The highest BCUT2D eigenvalue weighted by Crippen LogP contribution is 2.62. The first-order valence-corrected chi connectivity index (χ1v) is 13.3. The van der Waals surface area contributed by atoms with Gasteiger partial charge < -0.3 is 19.5 Å². The summed E-state index contributed by atoms with van der Waals surface area (Å²) >= 11 is 0. The van der Waals surface area contributed by atoms with E-state index in [9.17, 15) is 5.11 Å². The second-order valence-corrected chi connectivity index (χ2v) is 12.4.